The Hall–Kier alpha value is -2.08. The summed E-state index contributed by atoms with van der Waals surface area (Å²) in [5.74, 6) is 1.12. The first-order valence-corrected chi connectivity index (χ1v) is 9.54. The fourth-order valence-electron chi connectivity index (χ4n) is 3.37. The van der Waals surface area contributed by atoms with Gasteiger partial charge in [0.2, 0.25) is 5.91 Å². The van der Waals surface area contributed by atoms with Crippen LogP contribution in [0, 0.1) is 6.92 Å². The Kier molecular flexibility index (Phi) is 5.58. The average molecular weight is 359 g/mol. The summed E-state index contributed by atoms with van der Waals surface area (Å²) < 4.78 is 5.47. The van der Waals surface area contributed by atoms with Gasteiger partial charge in [-0.05, 0) is 32.4 Å². The van der Waals surface area contributed by atoms with Crippen molar-refractivity contribution in [2.75, 3.05) is 31.6 Å². The van der Waals surface area contributed by atoms with Crippen molar-refractivity contribution in [2.45, 2.75) is 32.7 Å². The third kappa shape index (κ3) is 3.95. The number of aromatic nitrogens is 1. The van der Waals surface area contributed by atoms with Gasteiger partial charge in [-0.2, -0.15) is 0 Å². The molecule has 0 aliphatic carbocycles. The minimum absolute atomic E-state index is 0.189. The van der Waals surface area contributed by atoms with Gasteiger partial charge in [0.25, 0.3) is 0 Å². The van der Waals surface area contributed by atoms with E-state index < -0.39 is 0 Å². The van der Waals surface area contributed by atoms with Gasteiger partial charge in [-0.15, -0.1) is 11.3 Å². The summed E-state index contributed by atoms with van der Waals surface area (Å²) in [5, 5.41) is 0. The van der Waals surface area contributed by atoms with Crippen LogP contribution in [0.1, 0.15) is 23.9 Å². The lowest BCUT2D eigenvalue weighted by atomic mass is 10.1. The van der Waals surface area contributed by atoms with Crippen molar-refractivity contribution in [3.63, 3.8) is 0 Å². The summed E-state index contributed by atoms with van der Waals surface area (Å²) in [5.41, 5.74) is 4.00. The van der Waals surface area contributed by atoms with Crippen LogP contribution >= 0.6 is 11.3 Å². The Morgan fingerprint density at radius 1 is 1.36 bits per heavy atom. The molecule has 1 atom stereocenters. The number of carbonyl (C=O) groups is 1. The largest absolute Gasteiger partial charge is 0.495 e. The molecule has 5 nitrogen and oxygen atoms in total. The van der Waals surface area contributed by atoms with Gasteiger partial charge in [0, 0.05) is 37.0 Å². The van der Waals surface area contributed by atoms with E-state index in [0.717, 1.165) is 43.2 Å². The molecule has 1 aromatic heterocycles. The van der Waals surface area contributed by atoms with E-state index in [0.29, 0.717) is 6.42 Å². The highest BCUT2D eigenvalue weighted by molar-refractivity contribution is 7.09. The van der Waals surface area contributed by atoms with Crippen molar-refractivity contribution < 1.29 is 9.53 Å². The Morgan fingerprint density at radius 2 is 2.16 bits per heavy atom. The van der Waals surface area contributed by atoms with Crippen molar-refractivity contribution in [3.05, 3.63) is 40.3 Å². The van der Waals surface area contributed by atoms with Crippen molar-refractivity contribution in [2.24, 2.45) is 0 Å². The molecule has 0 spiro atoms. The van der Waals surface area contributed by atoms with E-state index in [9.17, 15) is 4.79 Å². The maximum absolute atomic E-state index is 12.6. The summed E-state index contributed by atoms with van der Waals surface area (Å²) in [6, 6.07) is 8.25. The van der Waals surface area contributed by atoms with Crippen molar-refractivity contribution in [3.8, 4) is 5.75 Å². The molecule has 3 rings (SSSR count). The number of carbonyl (C=O) groups excluding carboxylic acids is 1. The van der Waals surface area contributed by atoms with Crippen LogP contribution in [0.2, 0.25) is 0 Å². The van der Waals surface area contributed by atoms with Crippen LogP contribution in [0.5, 0.6) is 5.75 Å². The predicted molar refractivity (Wildman–Crippen MR) is 102 cm³/mol. The van der Waals surface area contributed by atoms with Crippen LogP contribution < -0.4 is 9.64 Å². The van der Waals surface area contributed by atoms with Crippen LogP contribution in [0.4, 0.5) is 5.69 Å². The van der Waals surface area contributed by atoms with Crippen molar-refractivity contribution in [1.29, 1.82) is 0 Å². The van der Waals surface area contributed by atoms with Crippen molar-refractivity contribution in [1.82, 2.24) is 9.88 Å². The smallest absolute Gasteiger partial charge is 0.223 e. The van der Waals surface area contributed by atoms with Gasteiger partial charge in [-0.25, -0.2) is 4.98 Å². The Morgan fingerprint density at radius 3 is 2.84 bits per heavy atom. The number of para-hydroxylation sites is 2. The lowest BCUT2D eigenvalue weighted by molar-refractivity contribution is -0.133. The standard InChI is InChI=1S/C19H25N3O2S/c1-14-12-21(16-6-4-5-7-17(16)24-3)10-11-22(14)19(23)9-8-18-15(2)20-13-25-18/h4-7,13-14H,8-12H2,1-3H3. The number of anilines is 1. The van der Waals surface area contributed by atoms with E-state index in [1.54, 1.807) is 18.4 Å². The van der Waals surface area contributed by atoms with Gasteiger partial charge < -0.3 is 14.5 Å². The SMILES string of the molecule is COc1ccccc1N1CCN(C(=O)CCc2scnc2C)C(C)C1. The number of rotatable bonds is 5. The summed E-state index contributed by atoms with van der Waals surface area (Å²) in [7, 11) is 1.70. The normalized spacial score (nSPS) is 17.6. The van der Waals surface area contributed by atoms with E-state index in [-0.39, 0.29) is 11.9 Å². The molecule has 0 saturated carbocycles. The first-order chi connectivity index (χ1) is 12.1. The summed E-state index contributed by atoms with van der Waals surface area (Å²) >= 11 is 1.64. The molecular weight excluding hydrogens is 334 g/mol. The van der Waals surface area contributed by atoms with Gasteiger partial charge in [-0.3, -0.25) is 4.79 Å². The van der Waals surface area contributed by atoms with Crippen LogP contribution in [-0.4, -0.2) is 48.6 Å². The molecule has 134 valence electrons. The highest BCUT2D eigenvalue weighted by Gasteiger charge is 2.28. The second kappa shape index (κ2) is 7.87. The number of piperazine rings is 1. The number of thiazole rings is 1. The van der Waals surface area contributed by atoms with Crippen molar-refractivity contribution >= 4 is 22.9 Å². The Balaban J connectivity index is 1.59. The average Bonchev–Trinajstić information content (AvgIpc) is 3.04. The van der Waals surface area contributed by atoms with E-state index in [4.69, 9.17) is 4.74 Å². The lowest BCUT2D eigenvalue weighted by Crippen LogP contribution is -2.54. The number of ether oxygens (including phenoxy) is 1. The molecule has 1 aliphatic heterocycles. The molecule has 2 heterocycles. The molecule has 1 aliphatic rings. The maximum Gasteiger partial charge on any atom is 0.223 e. The van der Waals surface area contributed by atoms with Crippen LogP contribution in [-0.2, 0) is 11.2 Å². The maximum atomic E-state index is 12.6. The number of amides is 1. The molecule has 6 heteroatoms. The van der Waals surface area contributed by atoms with Crippen LogP contribution in [0.15, 0.2) is 29.8 Å². The van der Waals surface area contributed by atoms with Crippen LogP contribution in [0.25, 0.3) is 0 Å². The third-order valence-electron chi connectivity index (χ3n) is 4.78. The zero-order valence-corrected chi connectivity index (χ0v) is 15.9. The highest BCUT2D eigenvalue weighted by atomic mass is 32.1. The number of methoxy groups -OCH3 is 1. The summed E-state index contributed by atoms with van der Waals surface area (Å²) in [6.07, 6.45) is 1.34. The van der Waals surface area contributed by atoms with E-state index in [1.165, 1.54) is 4.88 Å². The van der Waals surface area contributed by atoms with Gasteiger partial charge in [-0.1, -0.05) is 12.1 Å². The van der Waals surface area contributed by atoms with E-state index >= 15 is 0 Å². The molecule has 1 aromatic carbocycles. The molecule has 25 heavy (non-hydrogen) atoms. The van der Waals surface area contributed by atoms with Gasteiger partial charge in [0.1, 0.15) is 5.75 Å². The molecule has 0 N–H and O–H groups in total. The van der Waals surface area contributed by atoms with Gasteiger partial charge >= 0.3 is 0 Å². The zero-order chi connectivity index (χ0) is 17.8. The van der Waals surface area contributed by atoms with E-state index in [1.807, 2.05) is 35.5 Å². The number of hydrogen-bond acceptors (Lipinski definition) is 5. The highest BCUT2D eigenvalue weighted by Crippen LogP contribution is 2.29. The molecule has 0 radical (unpaired) electrons. The van der Waals surface area contributed by atoms with Gasteiger partial charge in [0.15, 0.2) is 0 Å². The molecular formula is C19H25N3O2S. The second-order valence-corrected chi connectivity index (χ2v) is 7.35. The molecule has 1 unspecified atom stereocenters. The molecule has 2 aromatic rings. The number of aryl methyl sites for hydroxylation is 2. The van der Waals surface area contributed by atoms with Gasteiger partial charge in [0.05, 0.1) is 24.0 Å². The fourth-order valence-corrected chi connectivity index (χ4v) is 4.15. The predicted octanol–water partition coefficient (Wildman–Crippen LogP) is 3.13. The Bertz CT molecular complexity index is 731. The molecule has 0 bridgehead atoms. The lowest BCUT2D eigenvalue weighted by Gasteiger charge is -2.41. The molecule has 1 saturated heterocycles. The summed E-state index contributed by atoms with van der Waals surface area (Å²) in [4.78, 5) is 22.4. The summed E-state index contributed by atoms with van der Waals surface area (Å²) in [6.45, 7) is 6.53. The van der Waals surface area contributed by atoms with E-state index in [2.05, 4.69) is 22.9 Å². The number of nitrogens with zero attached hydrogens (tertiary/aromatic N) is 3. The Labute approximate surface area is 153 Å². The molecule has 1 amide bonds. The fraction of sp³-hybridized carbons (Fsp3) is 0.474. The first-order valence-electron chi connectivity index (χ1n) is 8.66. The van der Waals surface area contributed by atoms with Crippen LogP contribution in [0.3, 0.4) is 0 Å². The first kappa shape index (κ1) is 17.7. The zero-order valence-electron chi connectivity index (χ0n) is 15.1. The quantitative estimate of drug-likeness (QED) is 0.823. The minimum Gasteiger partial charge on any atom is -0.495 e. The topological polar surface area (TPSA) is 45.7 Å². The second-order valence-electron chi connectivity index (χ2n) is 6.41. The number of benzene rings is 1. The monoisotopic (exact) mass is 359 g/mol. The molecule has 1 fully saturated rings. The minimum atomic E-state index is 0.189. The number of hydrogen-bond donors (Lipinski definition) is 0. The third-order valence-corrected chi connectivity index (χ3v) is 5.78.